The third-order valence-corrected chi connectivity index (χ3v) is 3.44. The molecule has 0 saturated heterocycles. The lowest BCUT2D eigenvalue weighted by molar-refractivity contribution is 0.878. The molecule has 3 heteroatoms. The summed E-state index contributed by atoms with van der Waals surface area (Å²) in [7, 11) is 0. The molecular weight excluding hydrogens is 288 g/mol. The topological polar surface area (TPSA) is 24.9 Å². The fourth-order valence-electron chi connectivity index (χ4n) is 1.85. The molecule has 0 bridgehead atoms. The van der Waals surface area contributed by atoms with E-state index in [1.54, 1.807) is 0 Å². The van der Waals surface area contributed by atoms with Crippen molar-refractivity contribution in [3.63, 3.8) is 0 Å². The summed E-state index contributed by atoms with van der Waals surface area (Å²) in [6, 6.07) is 12.9. The molecule has 0 aliphatic rings. The van der Waals surface area contributed by atoms with Crippen LogP contribution in [0.4, 0.5) is 5.69 Å². The van der Waals surface area contributed by atoms with Crippen molar-refractivity contribution in [3.05, 3.63) is 57.8 Å². The van der Waals surface area contributed by atoms with E-state index in [0.717, 1.165) is 16.0 Å². The Morgan fingerprint density at radius 1 is 1.06 bits per heavy atom. The van der Waals surface area contributed by atoms with Crippen molar-refractivity contribution < 1.29 is 0 Å². The summed E-state index contributed by atoms with van der Waals surface area (Å²) in [5.74, 6) is 0. The molecule has 0 radical (unpaired) electrons. The monoisotopic (exact) mass is 304 g/mol. The minimum Gasteiger partial charge on any atom is -0.377 e. The highest BCUT2D eigenvalue weighted by atomic mass is 79.9. The van der Waals surface area contributed by atoms with E-state index >= 15 is 0 Å². The lowest BCUT2D eigenvalue weighted by Crippen LogP contribution is -2.08. The second-order valence-corrected chi connectivity index (χ2v) is 5.36. The maximum atomic E-state index is 4.39. The zero-order valence-corrected chi connectivity index (χ0v) is 12.5. The van der Waals surface area contributed by atoms with Crippen LogP contribution in [0.3, 0.4) is 0 Å². The van der Waals surface area contributed by atoms with E-state index < -0.39 is 0 Å². The van der Waals surface area contributed by atoms with Gasteiger partial charge in [-0.3, -0.25) is 0 Å². The summed E-state index contributed by atoms with van der Waals surface area (Å²) in [5.41, 5.74) is 4.64. The standard InChI is InChI=1S/C15H17BrN2/c1-10-4-6-13(7-5-10)11(2)17-14-8-9-15(16)18-12(14)3/h4-9,11,17H,1-3H3. The molecule has 0 saturated carbocycles. The number of anilines is 1. The largest absolute Gasteiger partial charge is 0.377 e. The Bertz CT molecular complexity index is 535. The molecule has 0 fully saturated rings. The second-order valence-electron chi connectivity index (χ2n) is 4.54. The van der Waals surface area contributed by atoms with E-state index in [1.165, 1.54) is 11.1 Å². The van der Waals surface area contributed by atoms with Gasteiger partial charge in [-0.25, -0.2) is 4.98 Å². The Labute approximate surface area is 117 Å². The first kappa shape index (κ1) is 13.1. The SMILES string of the molecule is Cc1ccc(C(C)Nc2ccc(Br)nc2C)cc1. The fraction of sp³-hybridized carbons (Fsp3) is 0.267. The zero-order valence-electron chi connectivity index (χ0n) is 10.9. The van der Waals surface area contributed by atoms with E-state index in [2.05, 4.69) is 70.4 Å². The average Bonchev–Trinajstić information content (AvgIpc) is 2.33. The lowest BCUT2D eigenvalue weighted by atomic mass is 10.1. The summed E-state index contributed by atoms with van der Waals surface area (Å²) in [6.45, 7) is 6.27. The molecule has 0 spiro atoms. The fourth-order valence-corrected chi connectivity index (χ4v) is 2.25. The predicted molar refractivity (Wildman–Crippen MR) is 79.9 cm³/mol. The van der Waals surface area contributed by atoms with Crippen molar-refractivity contribution in [1.29, 1.82) is 0 Å². The van der Waals surface area contributed by atoms with Crippen molar-refractivity contribution in [2.45, 2.75) is 26.8 Å². The number of aromatic nitrogens is 1. The highest BCUT2D eigenvalue weighted by Crippen LogP contribution is 2.22. The summed E-state index contributed by atoms with van der Waals surface area (Å²) >= 11 is 3.38. The van der Waals surface area contributed by atoms with Crippen LogP contribution in [-0.4, -0.2) is 4.98 Å². The van der Waals surface area contributed by atoms with Gasteiger partial charge in [0.25, 0.3) is 0 Å². The van der Waals surface area contributed by atoms with Gasteiger partial charge in [0.1, 0.15) is 4.60 Å². The van der Waals surface area contributed by atoms with E-state index in [-0.39, 0.29) is 6.04 Å². The number of aryl methyl sites for hydroxylation is 2. The molecule has 2 nitrogen and oxygen atoms in total. The number of halogens is 1. The molecule has 1 aromatic heterocycles. The van der Waals surface area contributed by atoms with Crippen molar-refractivity contribution in [1.82, 2.24) is 4.98 Å². The number of nitrogens with zero attached hydrogens (tertiary/aromatic N) is 1. The van der Waals surface area contributed by atoms with Gasteiger partial charge in [-0.15, -0.1) is 0 Å². The molecule has 94 valence electrons. The first-order valence-corrected chi connectivity index (χ1v) is 6.82. The first-order valence-electron chi connectivity index (χ1n) is 6.02. The minimum absolute atomic E-state index is 0.271. The quantitative estimate of drug-likeness (QED) is 0.836. The van der Waals surface area contributed by atoms with Crippen LogP contribution in [-0.2, 0) is 0 Å². The van der Waals surface area contributed by atoms with Gasteiger partial charge in [0, 0.05) is 6.04 Å². The molecule has 2 aromatic rings. The molecule has 0 aliphatic carbocycles. The van der Waals surface area contributed by atoms with Crippen LogP contribution in [0.1, 0.15) is 29.8 Å². The van der Waals surface area contributed by atoms with Gasteiger partial charge < -0.3 is 5.32 Å². The molecule has 0 aliphatic heterocycles. The van der Waals surface area contributed by atoms with Gasteiger partial charge in [-0.1, -0.05) is 29.8 Å². The molecule has 2 rings (SSSR count). The van der Waals surface area contributed by atoms with Crippen LogP contribution in [0.25, 0.3) is 0 Å². The van der Waals surface area contributed by atoms with E-state index in [9.17, 15) is 0 Å². The van der Waals surface area contributed by atoms with Crippen LogP contribution in [0.2, 0.25) is 0 Å². The number of hydrogen-bond donors (Lipinski definition) is 1. The van der Waals surface area contributed by atoms with Crippen LogP contribution >= 0.6 is 15.9 Å². The van der Waals surface area contributed by atoms with E-state index in [1.807, 2.05) is 13.0 Å². The maximum absolute atomic E-state index is 4.39. The number of benzene rings is 1. The number of pyridine rings is 1. The Hall–Kier alpha value is -1.35. The first-order chi connectivity index (χ1) is 8.56. The second kappa shape index (κ2) is 5.53. The van der Waals surface area contributed by atoms with Crippen molar-refractivity contribution in [2.24, 2.45) is 0 Å². The van der Waals surface area contributed by atoms with E-state index in [0.29, 0.717) is 0 Å². The van der Waals surface area contributed by atoms with Gasteiger partial charge >= 0.3 is 0 Å². The number of rotatable bonds is 3. The average molecular weight is 305 g/mol. The summed E-state index contributed by atoms with van der Waals surface area (Å²) in [6.07, 6.45) is 0. The summed E-state index contributed by atoms with van der Waals surface area (Å²) in [5, 5.41) is 3.49. The van der Waals surface area contributed by atoms with Gasteiger partial charge in [-0.05, 0) is 54.4 Å². The van der Waals surface area contributed by atoms with Crippen LogP contribution in [0.5, 0.6) is 0 Å². The number of nitrogens with one attached hydrogen (secondary N) is 1. The van der Waals surface area contributed by atoms with Crippen LogP contribution in [0.15, 0.2) is 41.0 Å². The van der Waals surface area contributed by atoms with Gasteiger partial charge in [0.15, 0.2) is 0 Å². The van der Waals surface area contributed by atoms with Crippen LogP contribution < -0.4 is 5.32 Å². The predicted octanol–water partition coefficient (Wildman–Crippen LogP) is 4.63. The normalized spacial score (nSPS) is 12.2. The molecule has 1 aromatic carbocycles. The molecule has 18 heavy (non-hydrogen) atoms. The summed E-state index contributed by atoms with van der Waals surface area (Å²) < 4.78 is 0.869. The van der Waals surface area contributed by atoms with Crippen molar-refractivity contribution >= 4 is 21.6 Å². The highest BCUT2D eigenvalue weighted by molar-refractivity contribution is 9.10. The minimum atomic E-state index is 0.271. The Balaban J connectivity index is 2.15. The van der Waals surface area contributed by atoms with Crippen molar-refractivity contribution in [2.75, 3.05) is 5.32 Å². The van der Waals surface area contributed by atoms with Gasteiger partial charge in [0.2, 0.25) is 0 Å². The maximum Gasteiger partial charge on any atom is 0.106 e. The third kappa shape index (κ3) is 3.10. The Morgan fingerprint density at radius 3 is 2.33 bits per heavy atom. The highest BCUT2D eigenvalue weighted by Gasteiger charge is 2.07. The third-order valence-electron chi connectivity index (χ3n) is 3.00. The Kier molecular flexibility index (Phi) is 4.02. The molecular formula is C15H17BrN2. The van der Waals surface area contributed by atoms with Crippen LogP contribution in [0, 0.1) is 13.8 Å². The smallest absolute Gasteiger partial charge is 0.106 e. The van der Waals surface area contributed by atoms with Crippen molar-refractivity contribution in [3.8, 4) is 0 Å². The Morgan fingerprint density at radius 2 is 1.72 bits per heavy atom. The molecule has 1 N–H and O–H groups in total. The molecule has 1 atom stereocenters. The zero-order chi connectivity index (χ0) is 13.1. The summed E-state index contributed by atoms with van der Waals surface area (Å²) in [4.78, 5) is 4.39. The lowest BCUT2D eigenvalue weighted by Gasteiger charge is -2.17. The number of hydrogen-bond acceptors (Lipinski definition) is 2. The van der Waals surface area contributed by atoms with E-state index in [4.69, 9.17) is 0 Å². The molecule has 0 amide bonds. The molecule has 1 heterocycles. The molecule has 1 unspecified atom stereocenters. The van der Waals surface area contributed by atoms with Gasteiger partial charge in [-0.2, -0.15) is 0 Å². The van der Waals surface area contributed by atoms with Gasteiger partial charge in [0.05, 0.1) is 11.4 Å².